The van der Waals surface area contributed by atoms with Crippen LogP contribution in [0.4, 0.5) is 0 Å². The molecule has 0 aliphatic rings. The van der Waals surface area contributed by atoms with Gasteiger partial charge in [-0.25, -0.2) is 9.13 Å². The van der Waals surface area contributed by atoms with E-state index >= 15 is 0 Å². The third-order valence-electron chi connectivity index (χ3n) is 4.60. The molecule has 0 spiro atoms. The lowest BCUT2D eigenvalue weighted by Crippen LogP contribution is -3.00. The topological polar surface area (TPSA) is 36.5 Å². The molecule has 0 unspecified atom stereocenters. The van der Waals surface area contributed by atoms with Crippen molar-refractivity contribution in [3.8, 4) is 17.2 Å². The Kier molecular flexibility index (Phi) is 7.13. The predicted molar refractivity (Wildman–Crippen MR) is 100 cm³/mol. The molecule has 1 aromatic heterocycles. The van der Waals surface area contributed by atoms with E-state index in [0.29, 0.717) is 12.3 Å². The lowest BCUT2D eigenvalue weighted by molar-refractivity contribution is -0.693. The highest BCUT2D eigenvalue weighted by atomic mass is 35.5. The maximum absolute atomic E-state index is 5.56. The van der Waals surface area contributed by atoms with Crippen LogP contribution in [0.15, 0.2) is 54.9 Å². The van der Waals surface area contributed by atoms with Crippen molar-refractivity contribution in [3.63, 3.8) is 0 Å². The summed E-state index contributed by atoms with van der Waals surface area (Å²) in [4.78, 5) is 0. The van der Waals surface area contributed by atoms with E-state index in [4.69, 9.17) is 14.2 Å². The van der Waals surface area contributed by atoms with Gasteiger partial charge in [-0.3, -0.25) is 0 Å². The number of imidazole rings is 1. The maximum Gasteiger partial charge on any atom is 0.253 e. The van der Waals surface area contributed by atoms with E-state index in [-0.39, 0.29) is 12.4 Å². The summed E-state index contributed by atoms with van der Waals surface area (Å²) in [6, 6.07) is 14.2. The van der Waals surface area contributed by atoms with Crippen LogP contribution in [0.2, 0.25) is 0 Å². The number of benzene rings is 2. The summed E-state index contributed by atoms with van der Waals surface area (Å²) >= 11 is 0. The molecule has 144 valence electrons. The highest BCUT2D eigenvalue weighted by Gasteiger charge is 2.19. The Morgan fingerprint density at radius 3 is 2.11 bits per heavy atom. The molecule has 0 bridgehead atoms. The van der Waals surface area contributed by atoms with Crippen LogP contribution in [0, 0.1) is 6.92 Å². The van der Waals surface area contributed by atoms with Gasteiger partial charge in [0.05, 0.1) is 26.9 Å². The molecular formula is C21H25ClN2O3. The van der Waals surface area contributed by atoms with Gasteiger partial charge in [0.1, 0.15) is 42.7 Å². The van der Waals surface area contributed by atoms with Gasteiger partial charge in [0.25, 0.3) is 5.82 Å². The molecule has 0 amide bonds. The van der Waals surface area contributed by atoms with Crippen molar-refractivity contribution in [2.24, 2.45) is 0 Å². The van der Waals surface area contributed by atoms with Crippen molar-refractivity contribution in [1.82, 2.24) is 4.57 Å². The molecule has 1 heterocycles. The summed E-state index contributed by atoms with van der Waals surface area (Å²) in [5, 5.41) is 0. The Bertz CT molecular complexity index is 853. The van der Waals surface area contributed by atoms with E-state index in [9.17, 15) is 0 Å². The highest BCUT2D eigenvalue weighted by Crippen LogP contribution is 2.34. The minimum absolute atomic E-state index is 0. The van der Waals surface area contributed by atoms with Crippen molar-refractivity contribution >= 4 is 0 Å². The summed E-state index contributed by atoms with van der Waals surface area (Å²) in [6.45, 7) is 3.62. The van der Waals surface area contributed by atoms with Crippen molar-refractivity contribution in [1.29, 1.82) is 0 Å². The summed E-state index contributed by atoms with van der Waals surface area (Å²) in [7, 11) is 4.96. The van der Waals surface area contributed by atoms with Crippen molar-refractivity contribution in [2.45, 2.75) is 20.0 Å². The third kappa shape index (κ3) is 4.55. The zero-order valence-electron chi connectivity index (χ0n) is 16.1. The average Bonchev–Trinajstić information content (AvgIpc) is 3.02. The van der Waals surface area contributed by atoms with Crippen LogP contribution in [-0.2, 0) is 13.1 Å². The Morgan fingerprint density at radius 1 is 0.926 bits per heavy atom. The van der Waals surface area contributed by atoms with Crippen LogP contribution in [0.1, 0.15) is 17.0 Å². The predicted octanol–water partition coefficient (Wildman–Crippen LogP) is 0.210. The first-order chi connectivity index (χ1) is 12.7. The molecule has 6 heteroatoms. The maximum atomic E-state index is 5.56. The molecule has 2 aromatic carbocycles. The fourth-order valence-electron chi connectivity index (χ4n) is 3.06. The lowest BCUT2D eigenvalue weighted by atomic mass is 10.1. The number of methoxy groups -OCH3 is 3. The van der Waals surface area contributed by atoms with Crippen LogP contribution in [0.3, 0.4) is 0 Å². The third-order valence-corrected chi connectivity index (χ3v) is 4.60. The summed E-state index contributed by atoms with van der Waals surface area (Å²) < 4.78 is 20.9. The lowest BCUT2D eigenvalue weighted by Gasteiger charge is -2.14. The van der Waals surface area contributed by atoms with Crippen molar-refractivity contribution < 1.29 is 31.2 Å². The molecule has 3 rings (SSSR count). The van der Waals surface area contributed by atoms with Crippen LogP contribution in [0.5, 0.6) is 17.2 Å². The Hall–Kier alpha value is -2.66. The van der Waals surface area contributed by atoms with Gasteiger partial charge in [-0.05, 0) is 5.56 Å². The molecule has 0 saturated carbocycles. The molecule has 27 heavy (non-hydrogen) atoms. The monoisotopic (exact) mass is 388 g/mol. The molecule has 0 saturated heterocycles. The normalized spacial score (nSPS) is 10.2. The van der Waals surface area contributed by atoms with Crippen LogP contribution >= 0.6 is 0 Å². The second-order valence-electron chi connectivity index (χ2n) is 6.10. The summed E-state index contributed by atoms with van der Waals surface area (Å²) in [5.74, 6) is 3.38. The first-order valence-electron chi connectivity index (χ1n) is 8.54. The first-order valence-corrected chi connectivity index (χ1v) is 8.54. The van der Waals surface area contributed by atoms with Gasteiger partial charge in [0.2, 0.25) is 0 Å². The van der Waals surface area contributed by atoms with E-state index < -0.39 is 0 Å². The van der Waals surface area contributed by atoms with Crippen molar-refractivity contribution in [2.75, 3.05) is 21.3 Å². The number of hydrogen-bond acceptors (Lipinski definition) is 3. The second-order valence-corrected chi connectivity index (χ2v) is 6.10. The average molecular weight is 389 g/mol. The minimum atomic E-state index is 0. The molecule has 0 radical (unpaired) electrons. The van der Waals surface area contributed by atoms with Crippen molar-refractivity contribution in [3.05, 3.63) is 71.8 Å². The fourth-order valence-corrected chi connectivity index (χ4v) is 3.06. The molecule has 0 atom stereocenters. The Labute approximate surface area is 166 Å². The van der Waals surface area contributed by atoms with Crippen LogP contribution < -0.4 is 31.2 Å². The smallest absolute Gasteiger partial charge is 0.253 e. The van der Waals surface area contributed by atoms with Gasteiger partial charge in [-0.2, -0.15) is 0 Å². The van der Waals surface area contributed by atoms with Gasteiger partial charge in [-0.15, -0.1) is 0 Å². The SMILES string of the molecule is COc1cc(OC)c(Cn2cc[n+](Cc3ccccc3)c2C)c(OC)c1.[Cl-]. The number of ether oxygens (including phenoxy) is 3. The molecule has 3 aromatic rings. The zero-order chi connectivity index (χ0) is 18.5. The summed E-state index contributed by atoms with van der Waals surface area (Å²) in [5.41, 5.74) is 2.26. The van der Waals surface area contributed by atoms with Gasteiger partial charge >= 0.3 is 0 Å². The quantitative estimate of drug-likeness (QED) is 0.543. The number of hydrogen-bond donors (Lipinski definition) is 0. The minimum Gasteiger partial charge on any atom is -1.00 e. The zero-order valence-corrected chi connectivity index (χ0v) is 16.9. The second kappa shape index (κ2) is 9.33. The number of nitrogens with zero attached hydrogens (tertiary/aromatic N) is 2. The van der Waals surface area contributed by atoms with E-state index in [2.05, 4.69) is 52.7 Å². The van der Waals surface area contributed by atoms with Crippen LogP contribution in [-0.4, -0.2) is 25.9 Å². The molecule has 0 fully saturated rings. The fraction of sp³-hybridized carbons (Fsp3) is 0.286. The van der Waals surface area contributed by atoms with Gasteiger partial charge in [0, 0.05) is 19.1 Å². The van der Waals surface area contributed by atoms with Gasteiger partial charge in [0.15, 0.2) is 0 Å². The van der Waals surface area contributed by atoms with E-state index in [0.717, 1.165) is 29.4 Å². The Balaban J connectivity index is 0.00000261. The first kappa shape index (κ1) is 20.6. The molecule has 0 aliphatic carbocycles. The number of rotatable bonds is 7. The van der Waals surface area contributed by atoms with Gasteiger partial charge < -0.3 is 26.6 Å². The number of halogens is 1. The van der Waals surface area contributed by atoms with E-state index in [1.807, 2.05) is 18.2 Å². The number of aromatic nitrogens is 2. The standard InChI is InChI=1S/C21H25N2O3.ClH/c1-16-22(14-17-8-6-5-7-9-17)10-11-23(16)15-19-20(25-3)12-18(24-2)13-21(19)26-4;/h5-13H,14-15H2,1-4H3;1H/q+1;/p-1. The van der Waals surface area contributed by atoms with Gasteiger partial charge in [-0.1, -0.05) is 30.3 Å². The van der Waals surface area contributed by atoms with E-state index in [1.54, 1.807) is 21.3 Å². The molecule has 0 aliphatic heterocycles. The molecule has 0 N–H and O–H groups in total. The Morgan fingerprint density at radius 2 is 1.56 bits per heavy atom. The van der Waals surface area contributed by atoms with E-state index in [1.165, 1.54) is 5.56 Å². The highest BCUT2D eigenvalue weighted by molar-refractivity contribution is 5.50. The summed E-state index contributed by atoms with van der Waals surface area (Å²) in [6.07, 6.45) is 4.19. The molecule has 5 nitrogen and oxygen atoms in total. The van der Waals surface area contributed by atoms with Crippen LogP contribution in [0.25, 0.3) is 0 Å². The largest absolute Gasteiger partial charge is 1.00 e. The molecular weight excluding hydrogens is 364 g/mol.